The predicted octanol–water partition coefficient (Wildman–Crippen LogP) is 3.42. The largest absolute Gasteiger partial charge is 0.224 e. The van der Waals surface area contributed by atoms with Gasteiger partial charge in [-0.2, -0.15) is 0 Å². The third-order valence-corrected chi connectivity index (χ3v) is 3.39. The molecule has 1 aromatic carbocycles. The third-order valence-electron chi connectivity index (χ3n) is 1.32. The van der Waals surface area contributed by atoms with Gasteiger partial charge in [-0.05, 0) is 12.1 Å². The standard InChI is InChI=1S/C7H6Cl2O2S.C2H6/c1-12(10,11)6-4-2-3-5(8)7(6)9;1-2/h2-4H,1H3;1-2H3. The molecule has 14 heavy (non-hydrogen) atoms. The molecule has 0 aliphatic rings. The summed E-state index contributed by atoms with van der Waals surface area (Å²) in [5.41, 5.74) is 0. The van der Waals surface area contributed by atoms with Crippen LogP contribution < -0.4 is 0 Å². The van der Waals surface area contributed by atoms with Crippen molar-refractivity contribution in [2.24, 2.45) is 0 Å². The molecule has 0 aliphatic carbocycles. The summed E-state index contributed by atoms with van der Waals surface area (Å²) < 4.78 is 22.1. The van der Waals surface area contributed by atoms with Gasteiger partial charge >= 0.3 is 0 Å². The second-order valence-corrected chi connectivity index (χ2v) is 5.09. The Kier molecular flexibility index (Phi) is 5.49. The molecule has 5 heteroatoms. The zero-order valence-electron chi connectivity index (χ0n) is 8.21. The molecule has 0 N–H and O–H groups in total. The second-order valence-electron chi connectivity index (χ2n) is 2.32. The van der Waals surface area contributed by atoms with Gasteiger partial charge in [0, 0.05) is 6.26 Å². The molecule has 0 aliphatic heterocycles. The van der Waals surface area contributed by atoms with E-state index in [1.165, 1.54) is 6.07 Å². The van der Waals surface area contributed by atoms with E-state index in [1.807, 2.05) is 13.8 Å². The van der Waals surface area contributed by atoms with Crippen molar-refractivity contribution in [3.63, 3.8) is 0 Å². The van der Waals surface area contributed by atoms with Crippen LogP contribution in [-0.4, -0.2) is 14.7 Å². The molecule has 0 radical (unpaired) electrons. The first kappa shape index (κ1) is 13.8. The molecule has 0 aromatic heterocycles. The van der Waals surface area contributed by atoms with Gasteiger partial charge in [0.2, 0.25) is 0 Å². The van der Waals surface area contributed by atoms with E-state index in [-0.39, 0.29) is 14.9 Å². The number of hydrogen-bond acceptors (Lipinski definition) is 2. The molecule has 0 saturated carbocycles. The van der Waals surface area contributed by atoms with E-state index in [4.69, 9.17) is 23.2 Å². The van der Waals surface area contributed by atoms with E-state index in [2.05, 4.69) is 0 Å². The molecular weight excluding hydrogens is 243 g/mol. The van der Waals surface area contributed by atoms with Crippen molar-refractivity contribution in [3.8, 4) is 0 Å². The van der Waals surface area contributed by atoms with Gasteiger partial charge in [-0.1, -0.05) is 43.1 Å². The summed E-state index contributed by atoms with van der Waals surface area (Å²) in [6, 6.07) is 4.51. The molecule has 0 bridgehead atoms. The van der Waals surface area contributed by atoms with Crippen molar-refractivity contribution in [3.05, 3.63) is 28.2 Å². The Labute approximate surface area is 94.8 Å². The topological polar surface area (TPSA) is 34.1 Å². The van der Waals surface area contributed by atoms with Crippen LogP contribution in [0.5, 0.6) is 0 Å². The fraction of sp³-hybridized carbons (Fsp3) is 0.333. The lowest BCUT2D eigenvalue weighted by Gasteiger charge is -2.01. The van der Waals surface area contributed by atoms with Crippen LogP contribution in [0.15, 0.2) is 23.1 Å². The van der Waals surface area contributed by atoms with Gasteiger partial charge in [0.1, 0.15) is 0 Å². The Morgan fingerprint density at radius 1 is 1.14 bits per heavy atom. The number of sulfone groups is 1. The molecule has 1 aromatic rings. The van der Waals surface area contributed by atoms with Crippen LogP contribution in [-0.2, 0) is 9.84 Å². The smallest absolute Gasteiger partial charge is 0.177 e. The number of rotatable bonds is 1. The lowest BCUT2D eigenvalue weighted by molar-refractivity contribution is 0.602. The molecular formula is C9H12Cl2O2S. The van der Waals surface area contributed by atoms with Gasteiger partial charge in [0.25, 0.3) is 0 Å². The summed E-state index contributed by atoms with van der Waals surface area (Å²) in [5, 5.41) is 0.334. The molecule has 0 spiro atoms. The average Bonchev–Trinajstić information content (AvgIpc) is 2.11. The Balaban J connectivity index is 0.000000791. The normalized spacial score (nSPS) is 10.4. The van der Waals surface area contributed by atoms with Gasteiger partial charge in [-0.25, -0.2) is 8.42 Å². The predicted molar refractivity (Wildman–Crippen MR) is 60.9 cm³/mol. The number of benzene rings is 1. The lowest BCUT2D eigenvalue weighted by atomic mass is 10.4. The van der Waals surface area contributed by atoms with Crippen molar-refractivity contribution in [2.45, 2.75) is 18.7 Å². The highest BCUT2D eigenvalue weighted by molar-refractivity contribution is 7.90. The summed E-state index contributed by atoms with van der Waals surface area (Å²) >= 11 is 11.3. The van der Waals surface area contributed by atoms with E-state index >= 15 is 0 Å². The maximum atomic E-state index is 11.1. The summed E-state index contributed by atoms with van der Waals surface area (Å²) in [7, 11) is -3.27. The van der Waals surface area contributed by atoms with Gasteiger partial charge in [0.05, 0.1) is 14.9 Å². The summed E-state index contributed by atoms with van der Waals surface area (Å²) in [6.07, 6.45) is 1.09. The molecule has 0 saturated heterocycles. The molecule has 2 nitrogen and oxygen atoms in total. The average molecular weight is 255 g/mol. The van der Waals surface area contributed by atoms with Crippen LogP contribution in [0.2, 0.25) is 10.0 Å². The van der Waals surface area contributed by atoms with E-state index in [0.29, 0.717) is 0 Å². The van der Waals surface area contributed by atoms with E-state index < -0.39 is 9.84 Å². The molecule has 0 amide bonds. The molecule has 80 valence electrons. The van der Waals surface area contributed by atoms with Crippen molar-refractivity contribution in [2.75, 3.05) is 6.26 Å². The van der Waals surface area contributed by atoms with Gasteiger partial charge in [-0.3, -0.25) is 0 Å². The Bertz CT molecular complexity index is 399. The minimum Gasteiger partial charge on any atom is -0.224 e. The fourth-order valence-corrected chi connectivity index (χ4v) is 2.31. The minimum atomic E-state index is -3.27. The fourth-order valence-electron chi connectivity index (χ4n) is 0.770. The highest BCUT2D eigenvalue weighted by atomic mass is 35.5. The quantitative estimate of drug-likeness (QED) is 0.770. The lowest BCUT2D eigenvalue weighted by Crippen LogP contribution is -1.97. The summed E-state index contributed by atoms with van der Waals surface area (Å²) in [6.45, 7) is 4.00. The molecule has 0 fully saturated rings. The first-order valence-corrected chi connectivity index (χ1v) is 6.72. The first-order valence-electron chi connectivity index (χ1n) is 4.07. The van der Waals surface area contributed by atoms with Crippen LogP contribution >= 0.6 is 23.2 Å². The third kappa shape index (κ3) is 3.48. The minimum absolute atomic E-state index is 0.0664. The molecule has 0 atom stereocenters. The van der Waals surface area contributed by atoms with E-state index in [9.17, 15) is 8.42 Å². The van der Waals surface area contributed by atoms with Crippen molar-refractivity contribution < 1.29 is 8.42 Å². The Hall–Kier alpha value is -0.250. The van der Waals surface area contributed by atoms with E-state index in [0.717, 1.165) is 6.26 Å². The van der Waals surface area contributed by atoms with Crippen LogP contribution in [0, 0.1) is 0 Å². The number of hydrogen-bond donors (Lipinski definition) is 0. The second kappa shape index (κ2) is 5.59. The van der Waals surface area contributed by atoms with Crippen molar-refractivity contribution in [1.82, 2.24) is 0 Å². The van der Waals surface area contributed by atoms with Gasteiger partial charge in [0.15, 0.2) is 9.84 Å². The monoisotopic (exact) mass is 254 g/mol. The van der Waals surface area contributed by atoms with Crippen molar-refractivity contribution >= 4 is 33.0 Å². The highest BCUT2D eigenvalue weighted by Crippen LogP contribution is 2.28. The first-order chi connectivity index (χ1) is 6.43. The van der Waals surface area contributed by atoms with Gasteiger partial charge in [-0.15, -0.1) is 0 Å². The highest BCUT2D eigenvalue weighted by Gasteiger charge is 2.13. The van der Waals surface area contributed by atoms with Crippen molar-refractivity contribution in [1.29, 1.82) is 0 Å². The molecule has 1 rings (SSSR count). The van der Waals surface area contributed by atoms with Crippen LogP contribution in [0.1, 0.15) is 13.8 Å². The zero-order chi connectivity index (χ0) is 11.4. The summed E-state index contributed by atoms with van der Waals surface area (Å²) in [4.78, 5) is 0.0664. The van der Waals surface area contributed by atoms with Crippen LogP contribution in [0.25, 0.3) is 0 Å². The maximum Gasteiger partial charge on any atom is 0.177 e. The van der Waals surface area contributed by atoms with Crippen LogP contribution in [0.4, 0.5) is 0 Å². The Morgan fingerprint density at radius 3 is 2.00 bits per heavy atom. The SMILES string of the molecule is CC.CS(=O)(=O)c1cccc(Cl)c1Cl. The zero-order valence-corrected chi connectivity index (χ0v) is 10.5. The number of halogens is 2. The van der Waals surface area contributed by atoms with Gasteiger partial charge < -0.3 is 0 Å². The Morgan fingerprint density at radius 2 is 1.64 bits per heavy atom. The van der Waals surface area contributed by atoms with E-state index in [1.54, 1.807) is 12.1 Å². The summed E-state index contributed by atoms with van der Waals surface area (Å²) in [5.74, 6) is 0. The van der Waals surface area contributed by atoms with Crippen LogP contribution in [0.3, 0.4) is 0 Å². The molecule has 0 heterocycles. The maximum absolute atomic E-state index is 11.1. The molecule has 0 unspecified atom stereocenters.